The molecule has 92 valence electrons. The van der Waals surface area contributed by atoms with Crippen LogP contribution in [0.1, 0.15) is 18.9 Å². The number of rotatable bonds is 5. The highest BCUT2D eigenvalue weighted by Crippen LogP contribution is 2.32. The van der Waals surface area contributed by atoms with Crippen molar-refractivity contribution in [3.63, 3.8) is 0 Å². The molecule has 1 N–H and O–H groups in total. The van der Waals surface area contributed by atoms with Gasteiger partial charge >= 0.3 is 0 Å². The van der Waals surface area contributed by atoms with E-state index in [2.05, 4.69) is 50.2 Å². The van der Waals surface area contributed by atoms with Gasteiger partial charge in [-0.3, -0.25) is 0 Å². The van der Waals surface area contributed by atoms with Crippen LogP contribution in [0.15, 0.2) is 21.1 Å². The fourth-order valence-corrected chi connectivity index (χ4v) is 2.85. The van der Waals surface area contributed by atoms with Crippen molar-refractivity contribution >= 4 is 44.3 Å². The van der Waals surface area contributed by atoms with Gasteiger partial charge in [-0.15, -0.1) is 12.4 Å². The van der Waals surface area contributed by atoms with Crippen molar-refractivity contribution in [1.29, 1.82) is 0 Å². The van der Waals surface area contributed by atoms with Crippen LogP contribution in [0.25, 0.3) is 0 Å². The number of benzene rings is 1. The molecule has 0 saturated carbocycles. The molecule has 16 heavy (non-hydrogen) atoms. The van der Waals surface area contributed by atoms with Crippen LogP contribution in [0.5, 0.6) is 5.75 Å². The Morgan fingerprint density at radius 2 is 2.00 bits per heavy atom. The molecule has 1 rings (SSSR count). The van der Waals surface area contributed by atoms with Gasteiger partial charge in [0.05, 0.1) is 11.6 Å². The minimum Gasteiger partial charge on any atom is -0.495 e. The van der Waals surface area contributed by atoms with Crippen molar-refractivity contribution in [2.45, 2.75) is 19.9 Å². The van der Waals surface area contributed by atoms with Crippen LogP contribution in [0.3, 0.4) is 0 Å². The van der Waals surface area contributed by atoms with Gasteiger partial charge in [0, 0.05) is 16.6 Å². The van der Waals surface area contributed by atoms with Crippen molar-refractivity contribution in [2.24, 2.45) is 0 Å². The Balaban J connectivity index is 0.00000225. The van der Waals surface area contributed by atoms with Crippen molar-refractivity contribution in [3.8, 4) is 5.75 Å². The largest absolute Gasteiger partial charge is 0.495 e. The summed E-state index contributed by atoms with van der Waals surface area (Å²) in [5.41, 5.74) is 1.16. The van der Waals surface area contributed by atoms with Crippen molar-refractivity contribution < 1.29 is 4.74 Å². The molecule has 0 bridgehead atoms. The average Bonchev–Trinajstić information content (AvgIpc) is 2.17. The molecule has 2 nitrogen and oxygen atoms in total. The van der Waals surface area contributed by atoms with E-state index in [0.717, 1.165) is 39.8 Å². The Hall–Kier alpha value is 0.230. The number of ether oxygens (including phenoxy) is 1. The van der Waals surface area contributed by atoms with Crippen LogP contribution >= 0.6 is 44.3 Å². The van der Waals surface area contributed by atoms with Crippen LogP contribution < -0.4 is 10.1 Å². The Bertz CT molecular complexity index is 334. The summed E-state index contributed by atoms with van der Waals surface area (Å²) in [6.45, 7) is 4.00. The summed E-state index contributed by atoms with van der Waals surface area (Å²) in [6, 6.07) is 4.06. The van der Waals surface area contributed by atoms with E-state index in [4.69, 9.17) is 4.74 Å². The van der Waals surface area contributed by atoms with Crippen LogP contribution in [0, 0.1) is 0 Å². The smallest absolute Gasteiger partial charge is 0.137 e. The maximum atomic E-state index is 5.35. The first-order valence-electron chi connectivity index (χ1n) is 4.91. The van der Waals surface area contributed by atoms with Crippen molar-refractivity contribution in [3.05, 3.63) is 26.6 Å². The summed E-state index contributed by atoms with van der Waals surface area (Å²) in [6.07, 6.45) is 1.14. The van der Waals surface area contributed by atoms with Gasteiger partial charge in [-0.1, -0.05) is 22.9 Å². The first-order chi connectivity index (χ1) is 7.19. The van der Waals surface area contributed by atoms with Crippen LogP contribution in [-0.4, -0.2) is 13.7 Å². The molecule has 1 aromatic carbocycles. The molecule has 0 spiro atoms. The molecular weight excluding hydrogens is 357 g/mol. The lowest BCUT2D eigenvalue weighted by Crippen LogP contribution is -2.14. The predicted molar refractivity (Wildman–Crippen MR) is 77.6 cm³/mol. The predicted octanol–water partition coefficient (Wildman–Crippen LogP) is 4.14. The molecule has 0 unspecified atom stereocenters. The second-order valence-corrected chi connectivity index (χ2v) is 5.03. The van der Waals surface area contributed by atoms with Crippen LogP contribution in [-0.2, 0) is 6.54 Å². The minimum atomic E-state index is 0. The van der Waals surface area contributed by atoms with Crippen molar-refractivity contribution in [1.82, 2.24) is 5.32 Å². The number of methoxy groups -OCH3 is 1. The summed E-state index contributed by atoms with van der Waals surface area (Å²) in [7, 11) is 1.69. The Kier molecular flexibility index (Phi) is 8.46. The lowest BCUT2D eigenvalue weighted by atomic mass is 10.2. The van der Waals surface area contributed by atoms with Crippen LogP contribution in [0.4, 0.5) is 0 Å². The summed E-state index contributed by atoms with van der Waals surface area (Å²) in [4.78, 5) is 0. The highest BCUT2D eigenvalue weighted by molar-refractivity contribution is 9.11. The number of halogens is 3. The zero-order valence-electron chi connectivity index (χ0n) is 9.35. The molecule has 0 aliphatic rings. The molecule has 0 radical (unpaired) electrons. The Morgan fingerprint density at radius 1 is 1.31 bits per heavy atom. The third-order valence-corrected chi connectivity index (χ3v) is 3.08. The standard InChI is InChI=1S/C11H15Br2NO.ClH/c1-3-4-14-7-8-5-9(12)6-10(13)11(8)15-2;/h5-6,14H,3-4,7H2,1-2H3;1H. The summed E-state index contributed by atoms with van der Waals surface area (Å²) in [5.74, 6) is 0.904. The third-order valence-electron chi connectivity index (χ3n) is 2.03. The first-order valence-corrected chi connectivity index (χ1v) is 6.50. The third kappa shape index (κ3) is 4.62. The first kappa shape index (κ1) is 16.2. The summed E-state index contributed by atoms with van der Waals surface area (Å²) in [5, 5.41) is 3.36. The van der Waals surface area contributed by atoms with Gasteiger partial charge in [0.25, 0.3) is 0 Å². The second-order valence-electron chi connectivity index (χ2n) is 3.26. The molecule has 0 aromatic heterocycles. The molecule has 0 aliphatic carbocycles. The second kappa shape index (κ2) is 8.34. The molecule has 0 heterocycles. The molecule has 0 saturated heterocycles. The highest BCUT2D eigenvalue weighted by atomic mass is 79.9. The Morgan fingerprint density at radius 3 is 2.56 bits per heavy atom. The monoisotopic (exact) mass is 371 g/mol. The van der Waals surface area contributed by atoms with Gasteiger partial charge in [0.2, 0.25) is 0 Å². The van der Waals surface area contributed by atoms with Gasteiger partial charge in [0.15, 0.2) is 0 Å². The number of hydrogen-bond acceptors (Lipinski definition) is 2. The molecule has 0 atom stereocenters. The maximum Gasteiger partial charge on any atom is 0.137 e. The van der Waals surface area contributed by atoms with E-state index in [1.165, 1.54) is 0 Å². The highest BCUT2D eigenvalue weighted by Gasteiger charge is 2.08. The fourth-order valence-electron chi connectivity index (χ4n) is 1.37. The summed E-state index contributed by atoms with van der Waals surface area (Å²) < 4.78 is 7.39. The maximum absolute atomic E-state index is 5.35. The normalized spacial score (nSPS) is 9.75. The lowest BCUT2D eigenvalue weighted by molar-refractivity contribution is 0.405. The SMILES string of the molecule is CCCNCc1cc(Br)cc(Br)c1OC.Cl. The zero-order chi connectivity index (χ0) is 11.3. The molecule has 1 aromatic rings. The minimum absolute atomic E-state index is 0. The van der Waals surface area contributed by atoms with Gasteiger partial charge in [-0.2, -0.15) is 0 Å². The quantitative estimate of drug-likeness (QED) is 0.783. The van der Waals surface area contributed by atoms with E-state index in [1.807, 2.05) is 6.07 Å². The van der Waals surface area contributed by atoms with Gasteiger partial charge in [-0.25, -0.2) is 0 Å². The van der Waals surface area contributed by atoms with Gasteiger partial charge in [-0.05, 0) is 41.0 Å². The Labute approximate surface area is 120 Å². The average molecular weight is 374 g/mol. The van der Waals surface area contributed by atoms with Crippen LogP contribution in [0.2, 0.25) is 0 Å². The molecule has 0 amide bonds. The molecule has 0 fully saturated rings. The molecule has 0 aliphatic heterocycles. The van der Waals surface area contributed by atoms with E-state index in [9.17, 15) is 0 Å². The van der Waals surface area contributed by atoms with E-state index in [0.29, 0.717) is 0 Å². The number of hydrogen-bond donors (Lipinski definition) is 1. The van der Waals surface area contributed by atoms with E-state index in [1.54, 1.807) is 7.11 Å². The zero-order valence-corrected chi connectivity index (χ0v) is 13.3. The van der Waals surface area contributed by atoms with Gasteiger partial charge in [0.1, 0.15) is 5.75 Å². The molecule has 5 heteroatoms. The van der Waals surface area contributed by atoms with E-state index in [-0.39, 0.29) is 12.4 Å². The van der Waals surface area contributed by atoms with E-state index >= 15 is 0 Å². The topological polar surface area (TPSA) is 21.3 Å². The number of nitrogens with one attached hydrogen (secondary N) is 1. The summed E-state index contributed by atoms with van der Waals surface area (Å²) >= 11 is 6.96. The van der Waals surface area contributed by atoms with Gasteiger partial charge < -0.3 is 10.1 Å². The van der Waals surface area contributed by atoms with E-state index < -0.39 is 0 Å². The fraction of sp³-hybridized carbons (Fsp3) is 0.455. The lowest BCUT2D eigenvalue weighted by Gasteiger charge is -2.11. The molecular formula is C11H16Br2ClNO. The van der Waals surface area contributed by atoms with Crippen molar-refractivity contribution in [2.75, 3.05) is 13.7 Å².